The van der Waals surface area contributed by atoms with Crippen molar-refractivity contribution in [3.63, 3.8) is 0 Å². The summed E-state index contributed by atoms with van der Waals surface area (Å²) in [4.78, 5) is 38.0. The molecule has 6 nitrogen and oxygen atoms in total. The van der Waals surface area contributed by atoms with E-state index >= 15 is 0 Å². The SMILES string of the molecule is CCCCCC/C=C\CCCCCCCC(=O)OC(COC(=O)CCCCCCCCCCC)COC(=O)CCCCCCCCCCCCCCCCCC/C=C\C/C=C\C/C=C\CCCCCCC. The van der Waals surface area contributed by atoms with Crippen molar-refractivity contribution in [2.75, 3.05) is 13.2 Å². The standard InChI is InChI=1S/C65H118O6/c1-4-7-10-13-16-19-21-23-24-25-26-27-28-29-30-31-32-33-34-35-36-37-38-39-40-42-43-46-49-52-55-58-64(67)70-61-62(60-69-63(66)57-54-51-48-45-18-15-12-9-6-3)71-65(68)59-56-53-50-47-44-41-22-20-17-14-11-8-5-2/h20-23,25-26,28-29,62H,4-19,24,27,30-61H2,1-3H3/b22-20-,23-21-,26-25-,29-28-. The lowest BCUT2D eigenvalue weighted by atomic mass is 10.0. The first kappa shape index (κ1) is 68.4. The van der Waals surface area contributed by atoms with Crippen molar-refractivity contribution in [3.8, 4) is 0 Å². The van der Waals surface area contributed by atoms with E-state index in [9.17, 15) is 14.4 Å². The lowest BCUT2D eigenvalue weighted by Crippen LogP contribution is -2.30. The second kappa shape index (κ2) is 59.9. The molecule has 1 atom stereocenters. The number of carbonyl (C=O) groups excluding carboxylic acids is 3. The molecule has 0 aliphatic rings. The van der Waals surface area contributed by atoms with Gasteiger partial charge in [0.25, 0.3) is 0 Å². The van der Waals surface area contributed by atoms with Crippen LogP contribution in [0, 0.1) is 0 Å². The van der Waals surface area contributed by atoms with E-state index < -0.39 is 6.10 Å². The average Bonchev–Trinajstić information content (AvgIpc) is 3.37. The van der Waals surface area contributed by atoms with E-state index in [0.717, 1.165) is 77.0 Å². The van der Waals surface area contributed by atoms with Gasteiger partial charge in [-0.25, -0.2) is 0 Å². The Kier molecular flexibility index (Phi) is 57.7. The first-order valence-corrected chi connectivity index (χ1v) is 31.1. The van der Waals surface area contributed by atoms with Crippen molar-refractivity contribution in [3.05, 3.63) is 48.6 Å². The number of hydrogen-bond acceptors (Lipinski definition) is 6. The third kappa shape index (κ3) is 58.1. The van der Waals surface area contributed by atoms with Crippen LogP contribution < -0.4 is 0 Å². The number of allylic oxidation sites excluding steroid dienone is 8. The van der Waals surface area contributed by atoms with Gasteiger partial charge in [-0.15, -0.1) is 0 Å². The lowest BCUT2D eigenvalue weighted by Gasteiger charge is -2.18. The van der Waals surface area contributed by atoms with Crippen LogP contribution >= 0.6 is 0 Å². The fourth-order valence-corrected chi connectivity index (χ4v) is 9.09. The average molecular weight is 996 g/mol. The highest BCUT2D eigenvalue weighted by Gasteiger charge is 2.19. The summed E-state index contributed by atoms with van der Waals surface area (Å²) in [6.07, 6.45) is 74.2. The molecule has 71 heavy (non-hydrogen) atoms. The van der Waals surface area contributed by atoms with E-state index in [1.165, 1.54) is 212 Å². The summed E-state index contributed by atoms with van der Waals surface area (Å²) in [6.45, 7) is 6.62. The van der Waals surface area contributed by atoms with Gasteiger partial charge >= 0.3 is 17.9 Å². The molecular formula is C65H118O6. The Hall–Kier alpha value is -2.63. The predicted octanol–water partition coefficient (Wildman–Crippen LogP) is 21.0. The molecule has 0 heterocycles. The normalized spacial score (nSPS) is 12.3. The molecule has 1 unspecified atom stereocenters. The van der Waals surface area contributed by atoms with E-state index in [2.05, 4.69) is 69.4 Å². The molecule has 0 amide bonds. The van der Waals surface area contributed by atoms with Gasteiger partial charge in [0.05, 0.1) is 0 Å². The predicted molar refractivity (Wildman–Crippen MR) is 307 cm³/mol. The van der Waals surface area contributed by atoms with Crippen molar-refractivity contribution in [2.24, 2.45) is 0 Å². The molecule has 0 aromatic heterocycles. The Balaban J connectivity index is 4.05. The summed E-state index contributed by atoms with van der Waals surface area (Å²) < 4.78 is 16.8. The Morgan fingerprint density at radius 1 is 0.282 bits per heavy atom. The fraction of sp³-hybridized carbons (Fsp3) is 0.831. The summed E-state index contributed by atoms with van der Waals surface area (Å²) in [5.74, 6) is -0.869. The van der Waals surface area contributed by atoms with Crippen molar-refractivity contribution in [1.82, 2.24) is 0 Å². The maximum Gasteiger partial charge on any atom is 0.306 e. The molecule has 0 aliphatic carbocycles. The van der Waals surface area contributed by atoms with Crippen molar-refractivity contribution in [1.29, 1.82) is 0 Å². The van der Waals surface area contributed by atoms with Crippen LogP contribution in [0.2, 0.25) is 0 Å². The maximum absolute atomic E-state index is 12.8. The minimum absolute atomic E-state index is 0.0725. The van der Waals surface area contributed by atoms with E-state index in [-0.39, 0.29) is 31.1 Å². The van der Waals surface area contributed by atoms with Crippen LogP contribution in [0.3, 0.4) is 0 Å². The second-order valence-corrected chi connectivity index (χ2v) is 21.0. The monoisotopic (exact) mass is 995 g/mol. The van der Waals surface area contributed by atoms with Crippen molar-refractivity contribution < 1.29 is 28.6 Å². The first-order chi connectivity index (χ1) is 35.0. The zero-order valence-electron chi connectivity index (χ0n) is 47.5. The Morgan fingerprint density at radius 3 is 0.817 bits per heavy atom. The highest BCUT2D eigenvalue weighted by Crippen LogP contribution is 2.17. The molecule has 0 spiro atoms. The number of ether oxygens (including phenoxy) is 3. The molecule has 0 rings (SSSR count). The molecule has 0 aromatic rings. The Morgan fingerprint density at radius 2 is 0.507 bits per heavy atom. The van der Waals surface area contributed by atoms with Crippen LogP contribution in [0.5, 0.6) is 0 Å². The molecular weight excluding hydrogens is 877 g/mol. The van der Waals surface area contributed by atoms with Crippen LogP contribution in [0.15, 0.2) is 48.6 Å². The van der Waals surface area contributed by atoms with Gasteiger partial charge in [0.15, 0.2) is 6.10 Å². The van der Waals surface area contributed by atoms with Crippen molar-refractivity contribution in [2.45, 2.75) is 335 Å². The quantitative estimate of drug-likeness (QED) is 0.0261. The van der Waals surface area contributed by atoms with Crippen LogP contribution in [-0.2, 0) is 28.6 Å². The van der Waals surface area contributed by atoms with Gasteiger partial charge in [-0.1, -0.05) is 275 Å². The molecule has 0 aromatic carbocycles. The highest BCUT2D eigenvalue weighted by molar-refractivity contribution is 5.71. The number of carbonyl (C=O) groups is 3. The smallest absolute Gasteiger partial charge is 0.306 e. The molecule has 0 saturated carbocycles. The number of hydrogen-bond donors (Lipinski definition) is 0. The summed E-state index contributed by atoms with van der Waals surface area (Å²) in [7, 11) is 0. The molecule has 0 aliphatic heterocycles. The number of esters is 3. The summed E-state index contributed by atoms with van der Waals surface area (Å²) in [6, 6.07) is 0. The number of rotatable bonds is 57. The van der Waals surface area contributed by atoms with Gasteiger partial charge in [-0.05, 0) is 83.5 Å². The van der Waals surface area contributed by atoms with Gasteiger partial charge in [0, 0.05) is 19.3 Å². The minimum atomic E-state index is -0.772. The molecule has 0 saturated heterocycles. The minimum Gasteiger partial charge on any atom is -0.462 e. The molecule has 6 heteroatoms. The van der Waals surface area contributed by atoms with Crippen LogP contribution in [-0.4, -0.2) is 37.2 Å². The van der Waals surface area contributed by atoms with E-state index in [1.54, 1.807) is 0 Å². The molecule has 0 N–H and O–H groups in total. The second-order valence-electron chi connectivity index (χ2n) is 21.0. The van der Waals surface area contributed by atoms with Crippen molar-refractivity contribution >= 4 is 17.9 Å². The Labute approximate surface area is 441 Å². The highest BCUT2D eigenvalue weighted by atomic mass is 16.6. The molecule has 0 bridgehead atoms. The topological polar surface area (TPSA) is 78.9 Å². The largest absolute Gasteiger partial charge is 0.462 e. The van der Waals surface area contributed by atoms with Crippen LogP contribution in [0.25, 0.3) is 0 Å². The zero-order chi connectivity index (χ0) is 51.4. The summed E-state index contributed by atoms with van der Waals surface area (Å²) in [5.41, 5.74) is 0. The summed E-state index contributed by atoms with van der Waals surface area (Å²) >= 11 is 0. The van der Waals surface area contributed by atoms with Crippen LogP contribution in [0.4, 0.5) is 0 Å². The van der Waals surface area contributed by atoms with Gasteiger partial charge in [-0.3, -0.25) is 14.4 Å². The van der Waals surface area contributed by atoms with Crippen LogP contribution in [0.1, 0.15) is 329 Å². The van der Waals surface area contributed by atoms with Gasteiger partial charge in [0.2, 0.25) is 0 Å². The third-order valence-corrected chi connectivity index (χ3v) is 13.8. The summed E-state index contributed by atoms with van der Waals surface area (Å²) in [5, 5.41) is 0. The van der Waals surface area contributed by atoms with E-state index in [0.29, 0.717) is 19.3 Å². The third-order valence-electron chi connectivity index (χ3n) is 13.8. The zero-order valence-corrected chi connectivity index (χ0v) is 47.5. The van der Waals surface area contributed by atoms with Gasteiger partial charge in [0.1, 0.15) is 13.2 Å². The lowest BCUT2D eigenvalue weighted by molar-refractivity contribution is -0.167. The molecule has 0 radical (unpaired) electrons. The number of unbranched alkanes of at least 4 members (excludes halogenated alkanes) is 38. The molecule has 414 valence electrons. The van der Waals surface area contributed by atoms with E-state index in [4.69, 9.17) is 14.2 Å². The van der Waals surface area contributed by atoms with Gasteiger partial charge in [-0.2, -0.15) is 0 Å². The fourth-order valence-electron chi connectivity index (χ4n) is 9.09. The van der Waals surface area contributed by atoms with E-state index in [1.807, 2.05) is 0 Å². The Bertz CT molecular complexity index is 1230. The van der Waals surface area contributed by atoms with Gasteiger partial charge < -0.3 is 14.2 Å². The molecule has 0 fully saturated rings. The maximum atomic E-state index is 12.8. The first-order valence-electron chi connectivity index (χ1n) is 31.1.